The maximum absolute atomic E-state index is 5.55. The first-order valence-corrected chi connectivity index (χ1v) is 5.22. The van der Waals surface area contributed by atoms with Gasteiger partial charge in [0.25, 0.3) is 0 Å². The molecule has 1 aliphatic rings. The number of nitrogens with two attached hydrogens (primary N) is 1. The Labute approximate surface area is 106 Å². The van der Waals surface area contributed by atoms with E-state index in [0.29, 0.717) is 5.13 Å². The molecule has 1 aliphatic heterocycles. The van der Waals surface area contributed by atoms with E-state index in [9.17, 15) is 0 Å². The predicted octanol–water partition coefficient (Wildman–Crippen LogP) is 1.40. The molecule has 1 saturated heterocycles. The molecule has 0 saturated carbocycles. The van der Waals surface area contributed by atoms with Gasteiger partial charge in [0, 0.05) is 25.0 Å². The fourth-order valence-electron chi connectivity index (χ4n) is 1.38. The lowest BCUT2D eigenvalue weighted by molar-refractivity contribution is 0.0337. The molecule has 0 radical (unpaired) electrons. The van der Waals surface area contributed by atoms with Crippen LogP contribution < -0.4 is 5.73 Å². The molecule has 88 valence electrons. The Hall–Kier alpha value is -0.0700. The standard InChI is InChI=1S/C8H13N3OS.2ClH/c9-8-10-7(6-13-8)5-11-1-3-12-4-2-11;;/h6H,1-5H2,(H2,9,10);2*1H. The molecule has 0 aromatic carbocycles. The van der Waals surface area contributed by atoms with Crippen LogP contribution in [0, 0.1) is 0 Å². The van der Waals surface area contributed by atoms with Crippen molar-refractivity contribution in [3.63, 3.8) is 0 Å². The number of morpholine rings is 1. The number of nitrogens with zero attached hydrogens (tertiary/aromatic N) is 2. The lowest BCUT2D eigenvalue weighted by atomic mass is 10.4. The number of aromatic nitrogens is 1. The number of nitrogen functional groups attached to an aromatic ring is 1. The van der Waals surface area contributed by atoms with Gasteiger partial charge in [0.15, 0.2) is 5.13 Å². The van der Waals surface area contributed by atoms with Gasteiger partial charge in [-0.25, -0.2) is 4.98 Å². The van der Waals surface area contributed by atoms with Crippen LogP contribution in [0.2, 0.25) is 0 Å². The number of hydrogen-bond acceptors (Lipinski definition) is 5. The van der Waals surface area contributed by atoms with Gasteiger partial charge in [-0.05, 0) is 0 Å². The summed E-state index contributed by atoms with van der Waals surface area (Å²) in [4.78, 5) is 6.55. The van der Waals surface area contributed by atoms with Gasteiger partial charge in [0.05, 0.1) is 18.9 Å². The van der Waals surface area contributed by atoms with Crippen LogP contribution in [0.15, 0.2) is 5.38 Å². The Morgan fingerprint density at radius 1 is 1.40 bits per heavy atom. The zero-order valence-electron chi connectivity index (χ0n) is 8.22. The third kappa shape index (κ3) is 4.53. The van der Waals surface area contributed by atoms with Crippen LogP contribution in [0.5, 0.6) is 0 Å². The third-order valence-corrected chi connectivity index (χ3v) is 2.78. The molecule has 2 heterocycles. The summed E-state index contributed by atoms with van der Waals surface area (Å²) in [6.07, 6.45) is 0. The molecular formula is C8H15Cl2N3OS. The fraction of sp³-hybridized carbons (Fsp3) is 0.625. The molecule has 0 atom stereocenters. The molecule has 1 aromatic rings. The molecule has 0 aliphatic carbocycles. The van der Waals surface area contributed by atoms with Crippen LogP contribution in [-0.4, -0.2) is 36.2 Å². The van der Waals surface area contributed by atoms with E-state index in [1.807, 2.05) is 5.38 Å². The Balaban J connectivity index is 0.000000980. The van der Waals surface area contributed by atoms with Gasteiger partial charge in [-0.1, -0.05) is 0 Å². The second kappa shape index (κ2) is 7.24. The van der Waals surface area contributed by atoms with E-state index in [-0.39, 0.29) is 24.8 Å². The molecule has 0 amide bonds. The minimum absolute atomic E-state index is 0. The molecule has 0 bridgehead atoms. The normalized spacial score (nSPS) is 16.5. The fourth-order valence-corrected chi connectivity index (χ4v) is 1.94. The SMILES string of the molecule is Cl.Cl.Nc1nc(CN2CCOCC2)cs1. The summed E-state index contributed by atoms with van der Waals surface area (Å²) in [6, 6.07) is 0. The molecule has 0 spiro atoms. The summed E-state index contributed by atoms with van der Waals surface area (Å²) in [6.45, 7) is 4.56. The maximum Gasteiger partial charge on any atom is 0.180 e. The molecule has 7 heteroatoms. The highest BCUT2D eigenvalue weighted by molar-refractivity contribution is 7.13. The van der Waals surface area contributed by atoms with Crippen LogP contribution in [0.1, 0.15) is 5.69 Å². The number of rotatable bonds is 2. The quantitative estimate of drug-likeness (QED) is 0.884. The van der Waals surface area contributed by atoms with Gasteiger partial charge in [0.1, 0.15) is 0 Å². The Bertz CT molecular complexity index is 279. The van der Waals surface area contributed by atoms with E-state index < -0.39 is 0 Å². The molecule has 4 nitrogen and oxygen atoms in total. The van der Waals surface area contributed by atoms with Crippen LogP contribution >= 0.6 is 36.2 Å². The van der Waals surface area contributed by atoms with Crippen molar-refractivity contribution in [3.05, 3.63) is 11.1 Å². The lowest BCUT2D eigenvalue weighted by Gasteiger charge is -2.25. The monoisotopic (exact) mass is 271 g/mol. The molecule has 1 fully saturated rings. The van der Waals surface area contributed by atoms with E-state index in [2.05, 4.69) is 9.88 Å². The predicted molar refractivity (Wildman–Crippen MR) is 67.1 cm³/mol. The summed E-state index contributed by atoms with van der Waals surface area (Å²) in [5.74, 6) is 0. The van der Waals surface area contributed by atoms with Gasteiger partial charge in [-0.15, -0.1) is 36.2 Å². The van der Waals surface area contributed by atoms with Crippen molar-refractivity contribution in [2.24, 2.45) is 0 Å². The second-order valence-electron chi connectivity index (χ2n) is 3.07. The Morgan fingerprint density at radius 2 is 2.07 bits per heavy atom. The van der Waals surface area contributed by atoms with Gasteiger partial charge in [0.2, 0.25) is 0 Å². The largest absolute Gasteiger partial charge is 0.379 e. The van der Waals surface area contributed by atoms with Crippen molar-refractivity contribution >= 4 is 41.3 Å². The average molecular weight is 272 g/mol. The van der Waals surface area contributed by atoms with Gasteiger partial charge >= 0.3 is 0 Å². The summed E-state index contributed by atoms with van der Waals surface area (Å²) in [7, 11) is 0. The smallest absolute Gasteiger partial charge is 0.180 e. The number of halogens is 2. The van der Waals surface area contributed by atoms with E-state index in [0.717, 1.165) is 38.5 Å². The number of hydrogen-bond donors (Lipinski definition) is 1. The maximum atomic E-state index is 5.55. The molecule has 15 heavy (non-hydrogen) atoms. The van der Waals surface area contributed by atoms with Crippen LogP contribution in [0.3, 0.4) is 0 Å². The van der Waals surface area contributed by atoms with Crippen LogP contribution in [0.25, 0.3) is 0 Å². The molecule has 0 unspecified atom stereocenters. The number of anilines is 1. The van der Waals surface area contributed by atoms with E-state index in [1.165, 1.54) is 11.3 Å². The van der Waals surface area contributed by atoms with Crippen molar-refractivity contribution in [2.75, 3.05) is 32.0 Å². The van der Waals surface area contributed by atoms with E-state index >= 15 is 0 Å². The summed E-state index contributed by atoms with van der Waals surface area (Å²) in [5, 5.41) is 2.67. The van der Waals surface area contributed by atoms with E-state index in [4.69, 9.17) is 10.5 Å². The first-order valence-electron chi connectivity index (χ1n) is 4.34. The lowest BCUT2D eigenvalue weighted by Crippen LogP contribution is -2.35. The zero-order chi connectivity index (χ0) is 9.10. The molecule has 2 N–H and O–H groups in total. The first kappa shape index (κ1) is 14.9. The highest BCUT2D eigenvalue weighted by Crippen LogP contribution is 2.13. The van der Waals surface area contributed by atoms with Gasteiger partial charge < -0.3 is 10.5 Å². The minimum atomic E-state index is 0. The second-order valence-corrected chi connectivity index (χ2v) is 3.96. The van der Waals surface area contributed by atoms with Crippen molar-refractivity contribution in [1.29, 1.82) is 0 Å². The Morgan fingerprint density at radius 3 is 2.60 bits per heavy atom. The summed E-state index contributed by atoms with van der Waals surface area (Å²) in [5.41, 5.74) is 6.62. The van der Waals surface area contributed by atoms with Crippen molar-refractivity contribution in [3.8, 4) is 0 Å². The van der Waals surface area contributed by atoms with Crippen molar-refractivity contribution in [1.82, 2.24) is 9.88 Å². The van der Waals surface area contributed by atoms with Crippen LogP contribution in [-0.2, 0) is 11.3 Å². The van der Waals surface area contributed by atoms with Gasteiger partial charge in [-0.3, -0.25) is 4.90 Å². The highest BCUT2D eigenvalue weighted by atomic mass is 35.5. The van der Waals surface area contributed by atoms with Crippen molar-refractivity contribution in [2.45, 2.75) is 6.54 Å². The third-order valence-electron chi connectivity index (χ3n) is 2.06. The van der Waals surface area contributed by atoms with Crippen LogP contribution in [0.4, 0.5) is 5.13 Å². The zero-order valence-corrected chi connectivity index (χ0v) is 10.7. The van der Waals surface area contributed by atoms with Crippen molar-refractivity contribution < 1.29 is 4.74 Å². The van der Waals surface area contributed by atoms with E-state index in [1.54, 1.807) is 0 Å². The summed E-state index contributed by atoms with van der Waals surface area (Å²) >= 11 is 1.50. The highest BCUT2D eigenvalue weighted by Gasteiger charge is 2.11. The molecule has 2 rings (SSSR count). The Kier molecular flexibility index (Phi) is 7.21. The number of thiazole rings is 1. The summed E-state index contributed by atoms with van der Waals surface area (Å²) < 4.78 is 5.26. The average Bonchev–Trinajstić information content (AvgIpc) is 2.53. The minimum Gasteiger partial charge on any atom is -0.379 e. The first-order chi connectivity index (χ1) is 6.34. The molecule has 1 aromatic heterocycles. The molecular weight excluding hydrogens is 257 g/mol. The number of ether oxygens (including phenoxy) is 1. The van der Waals surface area contributed by atoms with Gasteiger partial charge in [-0.2, -0.15) is 0 Å². The topological polar surface area (TPSA) is 51.4 Å².